The van der Waals surface area contributed by atoms with Crippen molar-refractivity contribution in [2.75, 3.05) is 31.7 Å². The fourth-order valence-corrected chi connectivity index (χ4v) is 6.89. The second-order valence-electron chi connectivity index (χ2n) is 9.74. The van der Waals surface area contributed by atoms with E-state index in [1.807, 2.05) is 6.07 Å². The minimum absolute atomic E-state index is 0.0498. The van der Waals surface area contributed by atoms with Gasteiger partial charge in [0, 0.05) is 36.5 Å². The topological polar surface area (TPSA) is 116 Å². The molecule has 2 aromatic carbocycles. The second-order valence-corrected chi connectivity index (χ2v) is 11.6. The summed E-state index contributed by atoms with van der Waals surface area (Å²) in [6, 6.07) is 9.36. The third kappa shape index (κ3) is 5.58. The maximum absolute atomic E-state index is 14.1. The van der Waals surface area contributed by atoms with Crippen LogP contribution in [-0.4, -0.2) is 42.3 Å². The molecular formula is C29H29BrN4O6S. The molecule has 0 spiro atoms. The third-order valence-electron chi connectivity index (χ3n) is 7.21. The van der Waals surface area contributed by atoms with Gasteiger partial charge in [-0.15, -0.1) is 0 Å². The number of carbonyl (C=O) groups is 1. The van der Waals surface area contributed by atoms with Gasteiger partial charge in [0.2, 0.25) is 0 Å². The average molecular weight is 642 g/mol. The fraction of sp³-hybridized carbons (Fsp3) is 0.345. The number of nitrogens with zero attached hydrogens (tertiary/aromatic N) is 4. The zero-order valence-corrected chi connectivity index (χ0v) is 25.3. The fourth-order valence-electron chi connectivity index (χ4n) is 5.29. The Morgan fingerprint density at radius 1 is 1.22 bits per heavy atom. The normalized spacial score (nSPS) is 17.2. The Balaban J connectivity index is 1.72. The lowest BCUT2D eigenvalue weighted by Crippen LogP contribution is -2.40. The predicted molar refractivity (Wildman–Crippen MR) is 160 cm³/mol. The molecule has 3 heterocycles. The maximum Gasteiger partial charge on any atom is 0.338 e. The van der Waals surface area contributed by atoms with Gasteiger partial charge in [0.05, 0.1) is 45.0 Å². The van der Waals surface area contributed by atoms with E-state index < -0.39 is 16.9 Å². The van der Waals surface area contributed by atoms with Crippen LogP contribution in [-0.2, 0) is 9.53 Å². The second kappa shape index (κ2) is 12.0. The van der Waals surface area contributed by atoms with Crippen molar-refractivity contribution in [3.05, 3.63) is 93.1 Å². The number of methoxy groups -OCH3 is 1. The number of ether oxygens (including phenoxy) is 2. The molecule has 1 atom stereocenters. The molecular weight excluding hydrogens is 612 g/mol. The SMILES string of the molecule is CCOC(=O)C1=C(C)N=c2s/c(=C\c3cc([N+](=O)[O-])ccc3N3CCCCC3)c(=O)n2[C@@H]1c1ccc(OC)c(Br)c1. The zero-order chi connectivity index (χ0) is 29.3. The van der Waals surface area contributed by atoms with Crippen LogP contribution < -0.4 is 24.5 Å². The Morgan fingerprint density at radius 3 is 2.63 bits per heavy atom. The number of halogens is 1. The number of non-ortho nitro benzene ring substituents is 1. The van der Waals surface area contributed by atoms with E-state index in [0.29, 0.717) is 36.4 Å². The van der Waals surface area contributed by atoms with Gasteiger partial charge >= 0.3 is 5.97 Å². The largest absolute Gasteiger partial charge is 0.496 e. The first-order valence-electron chi connectivity index (χ1n) is 13.3. The van der Waals surface area contributed by atoms with Crippen molar-refractivity contribution in [1.82, 2.24) is 4.57 Å². The number of esters is 1. The average Bonchev–Trinajstić information content (AvgIpc) is 3.26. The smallest absolute Gasteiger partial charge is 0.338 e. The summed E-state index contributed by atoms with van der Waals surface area (Å²) in [6.07, 6.45) is 4.91. The molecule has 0 unspecified atom stereocenters. The number of anilines is 1. The first kappa shape index (κ1) is 28.7. The van der Waals surface area contributed by atoms with Crippen LogP contribution in [0.5, 0.6) is 5.75 Å². The van der Waals surface area contributed by atoms with Gasteiger partial charge in [-0.25, -0.2) is 9.79 Å². The van der Waals surface area contributed by atoms with Crippen LogP contribution in [0.15, 0.2) is 61.9 Å². The van der Waals surface area contributed by atoms with E-state index in [1.165, 1.54) is 28.0 Å². The summed E-state index contributed by atoms with van der Waals surface area (Å²) in [7, 11) is 1.56. The van der Waals surface area contributed by atoms with Crippen LogP contribution in [0, 0.1) is 10.1 Å². The van der Waals surface area contributed by atoms with Gasteiger partial charge in [0.1, 0.15) is 5.75 Å². The van der Waals surface area contributed by atoms with Crippen molar-refractivity contribution >= 4 is 50.7 Å². The van der Waals surface area contributed by atoms with E-state index in [2.05, 4.69) is 25.8 Å². The molecule has 12 heteroatoms. The summed E-state index contributed by atoms with van der Waals surface area (Å²) in [4.78, 5) is 45.7. The van der Waals surface area contributed by atoms with Crippen LogP contribution in [0.3, 0.4) is 0 Å². The van der Waals surface area contributed by atoms with E-state index in [0.717, 1.165) is 38.0 Å². The number of aromatic nitrogens is 1. The summed E-state index contributed by atoms with van der Waals surface area (Å²) in [5.74, 6) is 0.0569. The number of piperidine rings is 1. The number of nitro groups is 1. The Hall–Kier alpha value is -3.77. The van der Waals surface area contributed by atoms with Crippen LogP contribution in [0.4, 0.5) is 11.4 Å². The maximum atomic E-state index is 14.1. The van der Waals surface area contributed by atoms with E-state index in [-0.39, 0.29) is 23.4 Å². The molecule has 41 heavy (non-hydrogen) atoms. The molecule has 1 saturated heterocycles. The number of thiazole rings is 1. The highest BCUT2D eigenvalue weighted by Gasteiger charge is 2.33. The van der Waals surface area contributed by atoms with Gasteiger partial charge in [0.15, 0.2) is 4.80 Å². The lowest BCUT2D eigenvalue weighted by molar-refractivity contribution is -0.384. The van der Waals surface area contributed by atoms with Crippen molar-refractivity contribution in [2.24, 2.45) is 4.99 Å². The molecule has 5 rings (SSSR count). The highest BCUT2D eigenvalue weighted by Crippen LogP contribution is 2.35. The monoisotopic (exact) mass is 640 g/mol. The molecule has 0 aliphatic carbocycles. The molecule has 0 saturated carbocycles. The molecule has 10 nitrogen and oxygen atoms in total. The van der Waals surface area contributed by atoms with E-state index in [9.17, 15) is 19.7 Å². The molecule has 2 aliphatic heterocycles. The van der Waals surface area contributed by atoms with Crippen molar-refractivity contribution < 1.29 is 19.2 Å². The van der Waals surface area contributed by atoms with Crippen LogP contribution >= 0.6 is 27.3 Å². The van der Waals surface area contributed by atoms with E-state index >= 15 is 0 Å². The summed E-state index contributed by atoms with van der Waals surface area (Å²) < 4.78 is 13.3. The number of carbonyl (C=O) groups excluding carboxylic acids is 1. The Morgan fingerprint density at radius 2 is 1.98 bits per heavy atom. The molecule has 2 aliphatic rings. The number of rotatable bonds is 7. The summed E-state index contributed by atoms with van der Waals surface area (Å²) in [5, 5.41) is 11.6. The molecule has 1 aromatic heterocycles. The molecule has 0 amide bonds. The van der Waals surface area contributed by atoms with Crippen LogP contribution in [0.25, 0.3) is 6.08 Å². The molecule has 0 N–H and O–H groups in total. The van der Waals surface area contributed by atoms with Gasteiger partial charge in [-0.3, -0.25) is 19.5 Å². The molecule has 1 fully saturated rings. The minimum Gasteiger partial charge on any atom is -0.496 e. The number of fused-ring (bicyclic) bond motifs is 1. The third-order valence-corrected chi connectivity index (χ3v) is 8.82. The van der Waals surface area contributed by atoms with Gasteiger partial charge < -0.3 is 14.4 Å². The molecule has 0 radical (unpaired) electrons. The van der Waals surface area contributed by atoms with Gasteiger partial charge in [0.25, 0.3) is 11.2 Å². The highest BCUT2D eigenvalue weighted by molar-refractivity contribution is 9.10. The Kier molecular flexibility index (Phi) is 8.41. The minimum atomic E-state index is -0.790. The quantitative estimate of drug-likeness (QED) is 0.213. The van der Waals surface area contributed by atoms with Crippen molar-refractivity contribution in [1.29, 1.82) is 0 Å². The van der Waals surface area contributed by atoms with Crippen molar-refractivity contribution in [3.8, 4) is 5.75 Å². The van der Waals surface area contributed by atoms with Crippen molar-refractivity contribution in [2.45, 2.75) is 39.2 Å². The zero-order valence-electron chi connectivity index (χ0n) is 22.9. The Labute approximate surface area is 248 Å². The van der Waals surface area contributed by atoms with E-state index in [1.54, 1.807) is 45.2 Å². The van der Waals surface area contributed by atoms with Crippen LogP contribution in [0.1, 0.15) is 50.3 Å². The number of hydrogen-bond acceptors (Lipinski definition) is 9. The number of benzene rings is 2. The predicted octanol–water partition coefficient (Wildman–Crippen LogP) is 4.47. The first-order valence-corrected chi connectivity index (χ1v) is 14.9. The standard InChI is InChI=1S/C29H29BrN4O6S/c1-4-40-28(36)25-17(2)31-29-33(26(25)18-8-11-23(39-3)21(30)15-18)27(35)24(41-29)16-19-14-20(34(37)38)9-10-22(19)32-12-6-5-7-13-32/h8-11,14-16,26H,4-7,12-13H2,1-3H3/b24-16-/t26-/m1/s1. The molecule has 3 aromatic rings. The molecule has 0 bridgehead atoms. The molecule has 214 valence electrons. The number of nitro benzene ring substituents is 1. The first-order chi connectivity index (χ1) is 19.7. The summed E-state index contributed by atoms with van der Waals surface area (Å²) in [5.41, 5.74) is 2.44. The van der Waals surface area contributed by atoms with Gasteiger partial charge in [-0.05, 0) is 78.9 Å². The number of allylic oxidation sites excluding steroid dienone is 1. The highest BCUT2D eigenvalue weighted by atomic mass is 79.9. The van der Waals surface area contributed by atoms with E-state index in [4.69, 9.17) is 9.47 Å². The van der Waals surface area contributed by atoms with Gasteiger partial charge in [-0.2, -0.15) is 0 Å². The lowest BCUT2D eigenvalue weighted by Gasteiger charge is -2.30. The summed E-state index contributed by atoms with van der Waals surface area (Å²) in [6.45, 7) is 5.30. The van der Waals surface area contributed by atoms with Crippen molar-refractivity contribution in [3.63, 3.8) is 0 Å². The number of hydrogen-bond donors (Lipinski definition) is 0. The Bertz CT molecular complexity index is 1740. The lowest BCUT2D eigenvalue weighted by atomic mass is 9.96. The summed E-state index contributed by atoms with van der Waals surface area (Å²) >= 11 is 4.70. The van der Waals surface area contributed by atoms with Gasteiger partial charge in [-0.1, -0.05) is 17.4 Å². The van der Waals surface area contributed by atoms with Crippen LogP contribution in [0.2, 0.25) is 0 Å².